The van der Waals surface area contributed by atoms with Crippen LogP contribution in [0.25, 0.3) is 10.6 Å². The maximum Gasteiger partial charge on any atom is 0.273 e. The van der Waals surface area contributed by atoms with E-state index in [1.54, 1.807) is 17.5 Å². The zero-order valence-corrected chi connectivity index (χ0v) is 16.0. The highest BCUT2D eigenvalue weighted by atomic mass is 35.5. The van der Waals surface area contributed by atoms with Crippen molar-refractivity contribution in [2.75, 3.05) is 26.7 Å². The van der Waals surface area contributed by atoms with E-state index in [-0.39, 0.29) is 24.0 Å². The second-order valence-electron chi connectivity index (χ2n) is 6.14. The first kappa shape index (κ1) is 20.3. The maximum atomic E-state index is 12.6. The number of carbonyl (C=O) groups excluding carboxylic acids is 1. The Morgan fingerprint density at radius 1 is 1.35 bits per heavy atom. The maximum absolute atomic E-state index is 12.6. The smallest absolute Gasteiger partial charge is 0.273 e. The van der Waals surface area contributed by atoms with E-state index in [9.17, 15) is 14.9 Å². The van der Waals surface area contributed by atoms with E-state index in [4.69, 9.17) is 0 Å². The van der Waals surface area contributed by atoms with Gasteiger partial charge in [-0.3, -0.25) is 14.9 Å². The minimum Gasteiger partial charge on any atom is -0.337 e. The van der Waals surface area contributed by atoms with Gasteiger partial charge >= 0.3 is 0 Å². The molecule has 0 unspecified atom stereocenters. The predicted octanol–water partition coefficient (Wildman–Crippen LogP) is 3.21. The molecule has 140 valence electrons. The Labute approximate surface area is 162 Å². The van der Waals surface area contributed by atoms with E-state index < -0.39 is 4.92 Å². The van der Waals surface area contributed by atoms with Crippen LogP contribution in [0.15, 0.2) is 29.6 Å². The number of thiazole rings is 1. The van der Waals surface area contributed by atoms with Crippen LogP contribution in [-0.4, -0.2) is 47.4 Å². The van der Waals surface area contributed by atoms with Crippen molar-refractivity contribution in [2.24, 2.45) is 5.92 Å². The summed E-state index contributed by atoms with van der Waals surface area (Å²) in [5.74, 6) is 0.590. The highest BCUT2D eigenvalue weighted by Gasteiger charge is 2.25. The molecule has 1 fully saturated rings. The molecule has 1 saturated heterocycles. The summed E-state index contributed by atoms with van der Waals surface area (Å²) < 4.78 is 0. The van der Waals surface area contributed by atoms with Gasteiger partial charge in [0.25, 0.3) is 11.6 Å². The molecule has 0 spiro atoms. The Morgan fingerprint density at radius 3 is 2.58 bits per heavy atom. The fourth-order valence-corrected chi connectivity index (χ4v) is 3.82. The molecular weight excluding hydrogens is 376 g/mol. The number of rotatable bonds is 5. The summed E-state index contributed by atoms with van der Waals surface area (Å²) in [6.07, 6.45) is 2.01. The molecule has 0 bridgehead atoms. The molecule has 1 aromatic heterocycles. The standard InChI is InChI=1S/C17H20N4O3S.ClH/c1-18-10-12-6-8-20(9-7-12)17(22)15-11-25-16(19-15)13-2-4-14(5-3-13)21(23)24;/h2-5,11-12,18H,6-10H2,1H3;1H. The normalized spacial score (nSPS) is 14.7. The predicted molar refractivity (Wildman–Crippen MR) is 104 cm³/mol. The number of hydrogen-bond acceptors (Lipinski definition) is 6. The largest absolute Gasteiger partial charge is 0.337 e. The Morgan fingerprint density at radius 2 is 2.00 bits per heavy atom. The van der Waals surface area contributed by atoms with Crippen molar-refractivity contribution in [3.05, 3.63) is 45.5 Å². The molecule has 0 radical (unpaired) electrons. The number of benzene rings is 1. The van der Waals surface area contributed by atoms with Crippen molar-refractivity contribution >= 4 is 35.3 Å². The lowest BCUT2D eigenvalue weighted by atomic mass is 9.97. The lowest BCUT2D eigenvalue weighted by Gasteiger charge is -2.31. The number of aromatic nitrogens is 1. The molecule has 0 atom stereocenters. The third-order valence-electron chi connectivity index (χ3n) is 4.44. The van der Waals surface area contributed by atoms with Crippen molar-refractivity contribution in [1.82, 2.24) is 15.2 Å². The van der Waals surface area contributed by atoms with E-state index >= 15 is 0 Å². The molecule has 3 rings (SSSR count). The average Bonchev–Trinajstić information content (AvgIpc) is 3.12. The van der Waals surface area contributed by atoms with Crippen LogP contribution >= 0.6 is 23.7 Å². The number of carbonyl (C=O) groups is 1. The molecule has 1 N–H and O–H groups in total. The van der Waals surface area contributed by atoms with Crippen LogP contribution < -0.4 is 5.32 Å². The van der Waals surface area contributed by atoms with Gasteiger partial charge in [-0.1, -0.05) is 0 Å². The van der Waals surface area contributed by atoms with Gasteiger partial charge in [-0.05, 0) is 44.5 Å². The van der Waals surface area contributed by atoms with E-state index in [1.807, 2.05) is 11.9 Å². The van der Waals surface area contributed by atoms with Crippen LogP contribution in [0.5, 0.6) is 0 Å². The van der Waals surface area contributed by atoms with Crippen LogP contribution in [0.3, 0.4) is 0 Å². The number of non-ortho nitro benzene ring substituents is 1. The van der Waals surface area contributed by atoms with Gasteiger partial charge in [0.05, 0.1) is 4.92 Å². The fraction of sp³-hybridized carbons (Fsp3) is 0.412. The number of halogens is 1. The van der Waals surface area contributed by atoms with Crippen molar-refractivity contribution in [3.63, 3.8) is 0 Å². The minimum atomic E-state index is -0.432. The lowest BCUT2D eigenvalue weighted by molar-refractivity contribution is -0.384. The number of piperidine rings is 1. The van der Waals surface area contributed by atoms with Gasteiger partial charge < -0.3 is 10.2 Å². The Kier molecular flexibility index (Phi) is 7.07. The summed E-state index contributed by atoms with van der Waals surface area (Å²) >= 11 is 1.38. The summed E-state index contributed by atoms with van der Waals surface area (Å²) in [7, 11) is 1.95. The highest BCUT2D eigenvalue weighted by molar-refractivity contribution is 7.13. The molecule has 7 nitrogen and oxygen atoms in total. The second kappa shape index (κ2) is 9.07. The third kappa shape index (κ3) is 4.57. The minimum absolute atomic E-state index is 0. The Hall–Kier alpha value is -2.03. The number of hydrogen-bond donors (Lipinski definition) is 1. The second-order valence-corrected chi connectivity index (χ2v) is 6.99. The van der Waals surface area contributed by atoms with Gasteiger partial charge in [0, 0.05) is 36.2 Å². The van der Waals surface area contributed by atoms with Gasteiger partial charge in [0.1, 0.15) is 10.7 Å². The van der Waals surface area contributed by atoms with Crippen LogP contribution in [0.2, 0.25) is 0 Å². The molecule has 1 aliphatic heterocycles. The average molecular weight is 397 g/mol. The van der Waals surface area contributed by atoms with Crippen LogP contribution in [0.1, 0.15) is 23.3 Å². The topological polar surface area (TPSA) is 88.4 Å². The molecule has 1 amide bonds. The number of nitrogens with one attached hydrogen (secondary N) is 1. The van der Waals surface area contributed by atoms with Gasteiger partial charge in [-0.15, -0.1) is 23.7 Å². The number of nitro benzene ring substituents is 1. The van der Waals surface area contributed by atoms with Gasteiger partial charge in [0.15, 0.2) is 0 Å². The molecule has 2 heterocycles. The van der Waals surface area contributed by atoms with E-state index in [0.717, 1.165) is 38.0 Å². The van der Waals surface area contributed by atoms with E-state index in [2.05, 4.69) is 10.3 Å². The molecule has 1 aliphatic rings. The monoisotopic (exact) mass is 396 g/mol. The van der Waals surface area contributed by atoms with Crippen molar-refractivity contribution in [3.8, 4) is 10.6 Å². The quantitative estimate of drug-likeness (QED) is 0.619. The van der Waals surface area contributed by atoms with Gasteiger partial charge in [0.2, 0.25) is 0 Å². The van der Waals surface area contributed by atoms with Crippen LogP contribution in [0.4, 0.5) is 5.69 Å². The van der Waals surface area contributed by atoms with E-state index in [1.165, 1.54) is 23.5 Å². The summed E-state index contributed by atoms with van der Waals surface area (Å²) in [4.78, 5) is 29.2. The summed E-state index contributed by atoms with van der Waals surface area (Å²) in [5.41, 5.74) is 1.27. The van der Waals surface area contributed by atoms with Gasteiger partial charge in [-0.25, -0.2) is 4.98 Å². The lowest BCUT2D eigenvalue weighted by Crippen LogP contribution is -2.40. The van der Waals surface area contributed by atoms with Crippen LogP contribution in [-0.2, 0) is 0 Å². The molecular formula is C17H21ClN4O3S. The molecule has 1 aromatic carbocycles. The zero-order valence-electron chi connectivity index (χ0n) is 14.4. The Balaban J connectivity index is 0.00000243. The first-order chi connectivity index (χ1) is 12.1. The first-order valence-corrected chi connectivity index (χ1v) is 9.10. The Bertz CT molecular complexity index is 758. The molecule has 0 aliphatic carbocycles. The molecule has 9 heteroatoms. The highest BCUT2D eigenvalue weighted by Crippen LogP contribution is 2.27. The van der Waals surface area contributed by atoms with Gasteiger partial charge in [-0.2, -0.15) is 0 Å². The molecule has 2 aromatic rings. The summed E-state index contributed by atoms with van der Waals surface area (Å²) in [6.45, 7) is 2.51. The van der Waals surface area contributed by atoms with E-state index in [0.29, 0.717) is 16.6 Å². The van der Waals surface area contributed by atoms with Crippen molar-refractivity contribution in [2.45, 2.75) is 12.8 Å². The summed E-state index contributed by atoms with van der Waals surface area (Å²) in [5, 5.41) is 16.4. The third-order valence-corrected chi connectivity index (χ3v) is 5.33. The number of nitro groups is 1. The number of nitrogens with zero attached hydrogens (tertiary/aromatic N) is 3. The first-order valence-electron chi connectivity index (χ1n) is 8.22. The SMILES string of the molecule is CNCC1CCN(C(=O)c2csc(-c3ccc([N+](=O)[O-])cc3)n2)CC1.Cl. The van der Waals surface area contributed by atoms with Crippen molar-refractivity contribution < 1.29 is 9.72 Å². The molecule has 0 saturated carbocycles. The summed E-state index contributed by atoms with van der Waals surface area (Å²) in [6, 6.07) is 6.22. The number of likely N-dealkylation sites (tertiary alicyclic amines) is 1. The zero-order chi connectivity index (χ0) is 17.8. The fourth-order valence-electron chi connectivity index (χ4n) is 3.02. The number of amides is 1. The van der Waals surface area contributed by atoms with Crippen LogP contribution in [0, 0.1) is 16.0 Å². The van der Waals surface area contributed by atoms with Crippen molar-refractivity contribution in [1.29, 1.82) is 0 Å². The molecule has 26 heavy (non-hydrogen) atoms.